The van der Waals surface area contributed by atoms with Gasteiger partial charge in [-0.05, 0) is 24.6 Å². The van der Waals surface area contributed by atoms with Crippen molar-refractivity contribution in [1.29, 1.82) is 0 Å². The van der Waals surface area contributed by atoms with Crippen molar-refractivity contribution < 1.29 is 9.90 Å². The molecule has 2 N–H and O–H groups in total. The summed E-state index contributed by atoms with van der Waals surface area (Å²) >= 11 is 0. The van der Waals surface area contributed by atoms with Crippen molar-refractivity contribution in [1.82, 2.24) is 0 Å². The molecule has 0 fully saturated rings. The number of para-hydroxylation sites is 1. The van der Waals surface area contributed by atoms with Crippen LogP contribution in [0.3, 0.4) is 0 Å². The van der Waals surface area contributed by atoms with Gasteiger partial charge >= 0.3 is 5.97 Å². The van der Waals surface area contributed by atoms with E-state index in [0.29, 0.717) is 5.56 Å². The molecule has 0 aromatic heterocycles. The predicted octanol–water partition coefficient (Wildman–Crippen LogP) is 3.48. The predicted molar refractivity (Wildman–Crippen MR) is 73.0 cm³/mol. The molecule has 0 unspecified atom stereocenters. The second-order valence-corrected chi connectivity index (χ2v) is 3.93. The van der Waals surface area contributed by atoms with Crippen LogP contribution in [0.25, 0.3) is 11.1 Å². The molecule has 0 heterocycles. The number of carboxylic acid groups (broad SMARTS) is 1. The second-order valence-electron chi connectivity index (χ2n) is 3.93. The van der Waals surface area contributed by atoms with Crippen molar-refractivity contribution in [3.8, 4) is 11.1 Å². The summed E-state index contributed by atoms with van der Waals surface area (Å²) in [4.78, 5) is 11.2. The number of anilines is 1. The normalized spacial score (nSPS) is 10.1. The van der Waals surface area contributed by atoms with E-state index in [1.54, 1.807) is 12.1 Å². The standard InChI is InChI=1S/C15H15NO2/c1-2-16-14-10-6-5-8-12(14)11-7-3-4-9-13(11)15(17)18/h3-10,16H,2H2,1H3,(H,17,18). The number of hydrogen-bond acceptors (Lipinski definition) is 2. The first-order valence-electron chi connectivity index (χ1n) is 5.89. The molecular formula is C15H15NO2. The van der Waals surface area contributed by atoms with E-state index in [4.69, 9.17) is 0 Å². The minimum Gasteiger partial charge on any atom is -0.478 e. The molecule has 0 amide bonds. The molecule has 0 bridgehead atoms. The molecular weight excluding hydrogens is 226 g/mol. The average Bonchev–Trinajstić information content (AvgIpc) is 2.40. The van der Waals surface area contributed by atoms with Crippen LogP contribution < -0.4 is 5.32 Å². The topological polar surface area (TPSA) is 49.3 Å². The number of hydrogen-bond donors (Lipinski definition) is 2. The highest BCUT2D eigenvalue weighted by Crippen LogP contribution is 2.30. The lowest BCUT2D eigenvalue weighted by molar-refractivity contribution is 0.0698. The zero-order valence-electron chi connectivity index (χ0n) is 10.2. The van der Waals surface area contributed by atoms with Gasteiger partial charge in [-0.15, -0.1) is 0 Å². The van der Waals surface area contributed by atoms with Crippen LogP contribution in [0.15, 0.2) is 48.5 Å². The number of nitrogens with one attached hydrogen (secondary N) is 1. The monoisotopic (exact) mass is 241 g/mol. The summed E-state index contributed by atoms with van der Waals surface area (Å²) in [7, 11) is 0. The Balaban J connectivity index is 2.58. The Morgan fingerprint density at radius 3 is 2.33 bits per heavy atom. The first kappa shape index (κ1) is 12.2. The maximum absolute atomic E-state index is 11.2. The summed E-state index contributed by atoms with van der Waals surface area (Å²) in [6.45, 7) is 2.81. The molecule has 0 aliphatic heterocycles. The molecule has 0 saturated carbocycles. The molecule has 2 rings (SSSR count). The largest absolute Gasteiger partial charge is 0.478 e. The first-order valence-corrected chi connectivity index (χ1v) is 5.89. The lowest BCUT2D eigenvalue weighted by Crippen LogP contribution is -2.02. The van der Waals surface area contributed by atoms with Crippen LogP contribution in [0, 0.1) is 0 Å². The number of rotatable bonds is 4. The third-order valence-electron chi connectivity index (χ3n) is 2.74. The molecule has 0 aliphatic rings. The molecule has 0 atom stereocenters. The maximum Gasteiger partial charge on any atom is 0.336 e. The van der Waals surface area contributed by atoms with E-state index in [-0.39, 0.29) is 0 Å². The summed E-state index contributed by atoms with van der Waals surface area (Å²) in [6.07, 6.45) is 0. The molecule has 0 aliphatic carbocycles. The Labute approximate surface area is 106 Å². The van der Waals surface area contributed by atoms with Gasteiger partial charge in [0.15, 0.2) is 0 Å². The quantitative estimate of drug-likeness (QED) is 0.861. The fourth-order valence-corrected chi connectivity index (χ4v) is 1.97. The highest BCUT2D eigenvalue weighted by molar-refractivity contribution is 5.98. The molecule has 2 aromatic rings. The van der Waals surface area contributed by atoms with Crippen LogP contribution in [0.2, 0.25) is 0 Å². The highest BCUT2D eigenvalue weighted by atomic mass is 16.4. The van der Waals surface area contributed by atoms with Crippen LogP contribution in [0.4, 0.5) is 5.69 Å². The lowest BCUT2D eigenvalue weighted by atomic mass is 9.98. The zero-order valence-corrected chi connectivity index (χ0v) is 10.2. The van der Waals surface area contributed by atoms with Gasteiger partial charge in [-0.2, -0.15) is 0 Å². The van der Waals surface area contributed by atoms with E-state index in [2.05, 4.69) is 5.32 Å². The van der Waals surface area contributed by atoms with Crippen molar-refractivity contribution in [2.75, 3.05) is 11.9 Å². The van der Waals surface area contributed by atoms with E-state index in [1.807, 2.05) is 43.3 Å². The number of benzene rings is 2. The smallest absolute Gasteiger partial charge is 0.336 e. The van der Waals surface area contributed by atoms with Gasteiger partial charge in [-0.25, -0.2) is 4.79 Å². The van der Waals surface area contributed by atoms with Crippen LogP contribution in [0.1, 0.15) is 17.3 Å². The maximum atomic E-state index is 11.2. The molecule has 3 heteroatoms. The van der Waals surface area contributed by atoms with E-state index in [9.17, 15) is 9.90 Å². The van der Waals surface area contributed by atoms with Crippen molar-refractivity contribution in [3.05, 3.63) is 54.1 Å². The van der Waals surface area contributed by atoms with E-state index in [0.717, 1.165) is 23.4 Å². The fourth-order valence-electron chi connectivity index (χ4n) is 1.97. The van der Waals surface area contributed by atoms with Gasteiger partial charge in [-0.3, -0.25) is 0 Å². The number of aromatic carboxylic acids is 1. The highest BCUT2D eigenvalue weighted by Gasteiger charge is 2.12. The second kappa shape index (κ2) is 5.36. The van der Waals surface area contributed by atoms with E-state index >= 15 is 0 Å². The van der Waals surface area contributed by atoms with Crippen LogP contribution in [-0.2, 0) is 0 Å². The Hall–Kier alpha value is -2.29. The first-order chi connectivity index (χ1) is 8.74. The summed E-state index contributed by atoms with van der Waals surface area (Å²) in [5.41, 5.74) is 2.93. The molecule has 0 saturated heterocycles. The van der Waals surface area contributed by atoms with Gasteiger partial charge in [0.25, 0.3) is 0 Å². The SMILES string of the molecule is CCNc1ccccc1-c1ccccc1C(=O)O. The Morgan fingerprint density at radius 1 is 1.06 bits per heavy atom. The van der Waals surface area contributed by atoms with Crippen LogP contribution in [0.5, 0.6) is 0 Å². The van der Waals surface area contributed by atoms with Gasteiger partial charge < -0.3 is 10.4 Å². The minimum absolute atomic E-state index is 0.322. The molecule has 18 heavy (non-hydrogen) atoms. The van der Waals surface area contributed by atoms with Gasteiger partial charge in [0.2, 0.25) is 0 Å². The fraction of sp³-hybridized carbons (Fsp3) is 0.133. The summed E-state index contributed by atoms with van der Waals surface area (Å²) in [5, 5.41) is 12.5. The van der Waals surface area contributed by atoms with Crippen molar-refractivity contribution in [3.63, 3.8) is 0 Å². The number of carboxylic acids is 1. The van der Waals surface area contributed by atoms with E-state index < -0.39 is 5.97 Å². The third-order valence-corrected chi connectivity index (χ3v) is 2.74. The van der Waals surface area contributed by atoms with Crippen molar-refractivity contribution in [2.45, 2.75) is 6.92 Å². The van der Waals surface area contributed by atoms with Gasteiger partial charge in [0, 0.05) is 17.8 Å². The summed E-state index contributed by atoms with van der Waals surface area (Å²) in [5.74, 6) is -0.906. The van der Waals surface area contributed by atoms with Crippen molar-refractivity contribution in [2.24, 2.45) is 0 Å². The van der Waals surface area contributed by atoms with Crippen LogP contribution >= 0.6 is 0 Å². The Bertz CT molecular complexity index is 564. The number of carbonyl (C=O) groups is 1. The molecule has 3 nitrogen and oxygen atoms in total. The third kappa shape index (κ3) is 2.35. The zero-order chi connectivity index (χ0) is 13.0. The summed E-state index contributed by atoms with van der Waals surface area (Å²) < 4.78 is 0. The molecule has 0 spiro atoms. The minimum atomic E-state index is -0.906. The van der Waals surface area contributed by atoms with Gasteiger partial charge in [-0.1, -0.05) is 36.4 Å². The molecule has 0 radical (unpaired) electrons. The molecule has 2 aromatic carbocycles. The van der Waals surface area contributed by atoms with E-state index in [1.165, 1.54) is 0 Å². The van der Waals surface area contributed by atoms with Crippen molar-refractivity contribution >= 4 is 11.7 Å². The molecule has 92 valence electrons. The Morgan fingerprint density at radius 2 is 1.67 bits per heavy atom. The van der Waals surface area contributed by atoms with Gasteiger partial charge in [0.05, 0.1) is 5.56 Å². The van der Waals surface area contributed by atoms with Crippen LogP contribution in [-0.4, -0.2) is 17.6 Å². The lowest BCUT2D eigenvalue weighted by Gasteiger charge is -2.12. The average molecular weight is 241 g/mol. The summed E-state index contributed by atoms with van der Waals surface area (Å²) in [6, 6.07) is 14.8. The Kier molecular flexibility index (Phi) is 3.63. The van der Waals surface area contributed by atoms with Gasteiger partial charge in [0.1, 0.15) is 0 Å².